The van der Waals surface area contributed by atoms with Crippen molar-refractivity contribution in [3.63, 3.8) is 0 Å². The van der Waals surface area contributed by atoms with Crippen molar-refractivity contribution in [1.82, 2.24) is 4.90 Å². The van der Waals surface area contributed by atoms with Gasteiger partial charge in [0.05, 0.1) is 12.5 Å². The quantitative estimate of drug-likeness (QED) is 0.560. The Morgan fingerprint density at radius 1 is 1.63 bits per heavy atom. The fourth-order valence-corrected chi connectivity index (χ4v) is 2.55. The number of alkyl halides is 1. The van der Waals surface area contributed by atoms with Crippen molar-refractivity contribution >= 4 is 11.7 Å². The lowest BCUT2D eigenvalue weighted by Crippen LogP contribution is -2.50. The zero-order valence-corrected chi connectivity index (χ0v) is 10.9. The zero-order valence-electron chi connectivity index (χ0n) is 10.9. The minimum Gasteiger partial charge on any atom is -0.350 e. The first kappa shape index (κ1) is 13.8. The number of ketones is 1. The average Bonchev–Trinajstić information content (AvgIpc) is 2.63. The maximum Gasteiger partial charge on any atom is 0.236 e. The fourth-order valence-electron chi connectivity index (χ4n) is 2.55. The highest BCUT2D eigenvalue weighted by Crippen LogP contribution is 2.42. The molecule has 1 amide bonds. The molecule has 0 N–H and O–H groups in total. The summed E-state index contributed by atoms with van der Waals surface area (Å²) >= 11 is 0. The molecular formula is C14H16FNO3. The number of nitrogens with zero attached hydrogens (tertiary/aromatic N) is 1. The number of terminal acetylenes is 1. The maximum atomic E-state index is 14.9. The monoisotopic (exact) mass is 265 g/mol. The van der Waals surface area contributed by atoms with Crippen molar-refractivity contribution < 1.29 is 18.7 Å². The second-order valence-corrected chi connectivity index (χ2v) is 4.90. The number of hydrogen-bond acceptors (Lipinski definition) is 3. The third kappa shape index (κ3) is 2.06. The van der Waals surface area contributed by atoms with E-state index in [9.17, 15) is 14.0 Å². The van der Waals surface area contributed by atoms with Gasteiger partial charge in [0.15, 0.2) is 12.0 Å². The van der Waals surface area contributed by atoms with Gasteiger partial charge < -0.3 is 4.74 Å². The van der Waals surface area contributed by atoms with E-state index < -0.39 is 23.7 Å². The summed E-state index contributed by atoms with van der Waals surface area (Å²) < 4.78 is 20.5. The molecular weight excluding hydrogens is 249 g/mol. The van der Waals surface area contributed by atoms with Gasteiger partial charge in [0.25, 0.3) is 0 Å². The van der Waals surface area contributed by atoms with Crippen molar-refractivity contribution in [2.24, 2.45) is 5.92 Å². The Labute approximate surface area is 111 Å². The molecule has 0 aromatic carbocycles. The van der Waals surface area contributed by atoms with Crippen LogP contribution >= 0.6 is 0 Å². The average molecular weight is 265 g/mol. The molecule has 2 heterocycles. The molecule has 5 heteroatoms. The summed E-state index contributed by atoms with van der Waals surface area (Å²) in [6.07, 6.45) is 6.64. The van der Waals surface area contributed by atoms with Gasteiger partial charge in [0.2, 0.25) is 11.6 Å². The summed E-state index contributed by atoms with van der Waals surface area (Å²) in [5.41, 5.74) is -2.04. The van der Waals surface area contributed by atoms with E-state index in [0.717, 1.165) is 4.90 Å². The van der Waals surface area contributed by atoms with Crippen LogP contribution in [0.3, 0.4) is 0 Å². The van der Waals surface area contributed by atoms with Gasteiger partial charge in [-0.05, 0) is 12.5 Å². The Morgan fingerprint density at radius 2 is 2.32 bits per heavy atom. The highest BCUT2D eigenvalue weighted by Gasteiger charge is 2.57. The van der Waals surface area contributed by atoms with Crippen LogP contribution in [0, 0.1) is 18.3 Å². The molecule has 0 aromatic rings. The van der Waals surface area contributed by atoms with Crippen LogP contribution in [0.2, 0.25) is 0 Å². The lowest BCUT2D eigenvalue weighted by molar-refractivity contribution is -0.147. The third-order valence-corrected chi connectivity index (χ3v) is 3.79. The van der Waals surface area contributed by atoms with Gasteiger partial charge >= 0.3 is 0 Å². The molecule has 1 saturated heterocycles. The predicted molar refractivity (Wildman–Crippen MR) is 66.4 cm³/mol. The first-order valence-corrected chi connectivity index (χ1v) is 6.28. The number of allylic oxidation sites excluding steroid dienone is 1. The molecule has 0 saturated carbocycles. The molecule has 2 aliphatic rings. The number of ether oxygens (including phenoxy) is 1. The summed E-state index contributed by atoms with van der Waals surface area (Å²) in [6, 6.07) is 0. The van der Waals surface area contributed by atoms with Crippen LogP contribution in [-0.4, -0.2) is 34.6 Å². The smallest absolute Gasteiger partial charge is 0.236 e. The molecule has 0 aliphatic carbocycles. The summed E-state index contributed by atoms with van der Waals surface area (Å²) in [4.78, 5) is 24.1. The standard InChI is InChI=1S/C14H16FNO3/c1-4-11-9(3)14(15,5-2)13(19-11)16-7-6-10(17)8-12(16)18/h2,6-7,9,11,13H,4,8H2,1,3H3/t9-,11-,13-,14-/m1/s1. The molecule has 0 unspecified atom stereocenters. The Kier molecular flexibility index (Phi) is 3.46. The second-order valence-electron chi connectivity index (χ2n) is 4.90. The number of halogens is 1. The Hall–Kier alpha value is -1.67. The maximum absolute atomic E-state index is 14.9. The molecule has 0 bridgehead atoms. The predicted octanol–water partition coefficient (Wildman–Crippen LogP) is 1.41. The van der Waals surface area contributed by atoms with E-state index in [1.807, 2.05) is 6.92 Å². The number of hydrogen-bond donors (Lipinski definition) is 0. The molecule has 4 nitrogen and oxygen atoms in total. The SMILES string of the molecule is C#C[C@@]1(F)[C@H](C)[C@@H](CC)O[C@H]1N1C=CC(=O)CC1=O. The van der Waals surface area contributed by atoms with E-state index in [4.69, 9.17) is 11.2 Å². The fraction of sp³-hybridized carbons (Fsp3) is 0.571. The van der Waals surface area contributed by atoms with Gasteiger partial charge in [-0.25, -0.2) is 4.39 Å². The Morgan fingerprint density at radius 3 is 2.84 bits per heavy atom. The van der Waals surface area contributed by atoms with Gasteiger partial charge in [-0.2, -0.15) is 0 Å². The van der Waals surface area contributed by atoms with E-state index in [1.165, 1.54) is 12.3 Å². The van der Waals surface area contributed by atoms with Crippen molar-refractivity contribution in [2.45, 2.75) is 44.7 Å². The number of amides is 1. The molecule has 1 fully saturated rings. The summed E-state index contributed by atoms with van der Waals surface area (Å²) in [5, 5.41) is 0. The molecule has 4 atom stereocenters. The van der Waals surface area contributed by atoms with Crippen molar-refractivity contribution in [3.8, 4) is 12.3 Å². The van der Waals surface area contributed by atoms with Gasteiger partial charge in [-0.1, -0.05) is 19.8 Å². The van der Waals surface area contributed by atoms with Gasteiger partial charge in [0.1, 0.15) is 0 Å². The second kappa shape index (κ2) is 4.78. The molecule has 0 spiro atoms. The Balaban J connectivity index is 2.34. The molecule has 0 radical (unpaired) electrons. The highest BCUT2D eigenvalue weighted by molar-refractivity contribution is 6.06. The summed E-state index contributed by atoms with van der Waals surface area (Å²) in [5.74, 6) is 0.832. The minimum atomic E-state index is -2.04. The van der Waals surface area contributed by atoms with Crippen LogP contribution in [0.25, 0.3) is 0 Å². The van der Waals surface area contributed by atoms with Crippen molar-refractivity contribution in [1.29, 1.82) is 0 Å². The van der Waals surface area contributed by atoms with Crippen LogP contribution in [0.4, 0.5) is 4.39 Å². The van der Waals surface area contributed by atoms with E-state index in [0.29, 0.717) is 6.42 Å². The van der Waals surface area contributed by atoms with Gasteiger partial charge in [-0.3, -0.25) is 14.5 Å². The number of carbonyl (C=O) groups is 2. The van der Waals surface area contributed by atoms with E-state index in [2.05, 4.69) is 5.92 Å². The largest absolute Gasteiger partial charge is 0.350 e. The van der Waals surface area contributed by atoms with Crippen molar-refractivity contribution in [2.75, 3.05) is 0 Å². The zero-order chi connectivity index (χ0) is 14.2. The molecule has 19 heavy (non-hydrogen) atoms. The third-order valence-electron chi connectivity index (χ3n) is 3.79. The van der Waals surface area contributed by atoms with Crippen LogP contribution in [-0.2, 0) is 14.3 Å². The summed E-state index contributed by atoms with van der Waals surface area (Å²) in [6.45, 7) is 3.55. The summed E-state index contributed by atoms with van der Waals surface area (Å²) in [7, 11) is 0. The van der Waals surface area contributed by atoms with E-state index in [1.54, 1.807) is 6.92 Å². The van der Waals surface area contributed by atoms with Crippen LogP contribution in [0.1, 0.15) is 26.7 Å². The van der Waals surface area contributed by atoms with E-state index in [-0.39, 0.29) is 18.3 Å². The normalized spacial score (nSPS) is 38.6. The first-order valence-electron chi connectivity index (χ1n) is 6.28. The topological polar surface area (TPSA) is 46.6 Å². The number of rotatable bonds is 2. The first-order chi connectivity index (χ1) is 8.93. The molecule has 102 valence electrons. The number of carbonyl (C=O) groups excluding carboxylic acids is 2. The molecule has 0 aromatic heterocycles. The lowest BCUT2D eigenvalue weighted by atomic mass is 9.87. The highest BCUT2D eigenvalue weighted by atomic mass is 19.1. The molecule has 2 aliphatic heterocycles. The van der Waals surface area contributed by atoms with Gasteiger partial charge in [0, 0.05) is 12.1 Å². The van der Waals surface area contributed by atoms with Crippen LogP contribution < -0.4 is 0 Å². The van der Waals surface area contributed by atoms with Crippen LogP contribution in [0.15, 0.2) is 12.3 Å². The molecule has 2 rings (SSSR count). The minimum absolute atomic E-state index is 0.276. The van der Waals surface area contributed by atoms with Crippen molar-refractivity contribution in [3.05, 3.63) is 12.3 Å². The van der Waals surface area contributed by atoms with E-state index >= 15 is 0 Å². The van der Waals surface area contributed by atoms with Gasteiger partial charge in [-0.15, -0.1) is 6.42 Å². The van der Waals surface area contributed by atoms with Crippen LogP contribution in [0.5, 0.6) is 0 Å². The lowest BCUT2D eigenvalue weighted by Gasteiger charge is -2.32. The Bertz CT molecular complexity index is 482.